The van der Waals surface area contributed by atoms with Crippen LogP contribution in [-0.4, -0.2) is 10.9 Å². The van der Waals surface area contributed by atoms with E-state index in [4.69, 9.17) is 0 Å². The summed E-state index contributed by atoms with van der Waals surface area (Å²) in [6, 6.07) is 3.68. The molecule has 1 heterocycles. The summed E-state index contributed by atoms with van der Waals surface area (Å²) in [4.78, 5) is 15.9. The molecular formula is C13H20N2O. The maximum atomic E-state index is 11.9. The normalized spacial score (nSPS) is 12.1. The van der Waals surface area contributed by atoms with E-state index in [1.807, 2.05) is 12.1 Å². The number of amides is 1. The van der Waals surface area contributed by atoms with E-state index < -0.39 is 0 Å². The maximum absolute atomic E-state index is 11.9. The third-order valence-electron chi connectivity index (χ3n) is 2.70. The van der Waals surface area contributed by atoms with Gasteiger partial charge in [0.1, 0.15) is 0 Å². The number of hydrogen-bond donors (Lipinski definition) is 1. The summed E-state index contributed by atoms with van der Waals surface area (Å²) in [7, 11) is 0. The van der Waals surface area contributed by atoms with Gasteiger partial charge in [0, 0.05) is 12.1 Å². The second-order valence-electron chi connectivity index (χ2n) is 3.98. The molecule has 1 amide bonds. The number of nitrogens with zero attached hydrogens (tertiary/aromatic N) is 1. The lowest BCUT2D eigenvalue weighted by atomic mass is 9.98. The van der Waals surface area contributed by atoms with Crippen LogP contribution in [0.3, 0.4) is 0 Å². The molecule has 1 N–H and O–H groups in total. The Hall–Kier alpha value is -1.38. The lowest BCUT2D eigenvalue weighted by Gasteiger charge is -2.14. The van der Waals surface area contributed by atoms with E-state index in [1.165, 1.54) is 0 Å². The first-order chi connectivity index (χ1) is 7.77. The zero-order valence-corrected chi connectivity index (χ0v) is 10.1. The molecule has 88 valence electrons. The van der Waals surface area contributed by atoms with Crippen molar-refractivity contribution in [3.05, 3.63) is 24.5 Å². The summed E-state index contributed by atoms with van der Waals surface area (Å²) in [5.41, 5.74) is 0.780. The van der Waals surface area contributed by atoms with Crippen LogP contribution in [0.15, 0.2) is 24.5 Å². The SMILES string of the molecule is CCCCC(CC)C(=O)Nc1cccnc1. The van der Waals surface area contributed by atoms with Crippen LogP contribution >= 0.6 is 0 Å². The fourth-order valence-electron chi connectivity index (χ4n) is 1.65. The van der Waals surface area contributed by atoms with Crippen LogP contribution in [-0.2, 0) is 4.79 Å². The van der Waals surface area contributed by atoms with Crippen molar-refractivity contribution in [3.8, 4) is 0 Å². The van der Waals surface area contributed by atoms with Gasteiger partial charge in [0.05, 0.1) is 11.9 Å². The first-order valence-corrected chi connectivity index (χ1v) is 5.98. The van der Waals surface area contributed by atoms with Crippen LogP contribution in [0.25, 0.3) is 0 Å². The lowest BCUT2D eigenvalue weighted by Crippen LogP contribution is -2.22. The van der Waals surface area contributed by atoms with Crippen molar-refractivity contribution < 1.29 is 4.79 Å². The minimum atomic E-state index is 0.115. The number of pyridine rings is 1. The Morgan fingerprint density at radius 1 is 1.50 bits per heavy atom. The van der Waals surface area contributed by atoms with Crippen LogP contribution in [0, 0.1) is 5.92 Å². The van der Waals surface area contributed by atoms with Gasteiger partial charge in [0.15, 0.2) is 0 Å². The van der Waals surface area contributed by atoms with Crippen LogP contribution in [0.1, 0.15) is 39.5 Å². The van der Waals surface area contributed by atoms with E-state index in [0.717, 1.165) is 31.4 Å². The van der Waals surface area contributed by atoms with Crippen molar-refractivity contribution in [2.24, 2.45) is 5.92 Å². The molecule has 16 heavy (non-hydrogen) atoms. The highest BCUT2D eigenvalue weighted by Crippen LogP contribution is 2.15. The molecule has 0 saturated heterocycles. The van der Waals surface area contributed by atoms with E-state index in [0.29, 0.717) is 0 Å². The van der Waals surface area contributed by atoms with Gasteiger partial charge in [-0.05, 0) is 25.0 Å². The molecule has 0 aromatic carbocycles. The van der Waals surface area contributed by atoms with Crippen LogP contribution in [0.5, 0.6) is 0 Å². The van der Waals surface area contributed by atoms with Gasteiger partial charge in [-0.3, -0.25) is 9.78 Å². The highest BCUT2D eigenvalue weighted by atomic mass is 16.1. The third kappa shape index (κ3) is 4.01. The van der Waals surface area contributed by atoms with Crippen molar-refractivity contribution in [1.82, 2.24) is 4.98 Å². The first kappa shape index (κ1) is 12.7. The van der Waals surface area contributed by atoms with Crippen molar-refractivity contribution in [2.75, 3.05) is 5.32 Å². The summed E-state index contributed by atoms with van der Waals surface area (Å²) in [5.74, 6) is 0.240. The maximum Gasteiger partial charge on any atom is 0.227 e. The number of aromatic nitrogens is 1. The summed E-state index contributed by atoms with van der Waals surface area (Å²) in [6.45, 7) is 4.20. The van der Waals surface area contributed by atoms with E-state index >= 15 is 0 Å². The average Bonchev–Trinajstić information content (AvgIpc) is 2.31. The molecule has 3 nitrogen and oxygen atoms in total. The number of unbranched alkanes of at least 4 members (excludes halogenated alkanes) is 1. The summed E-state index contributed by atoms with van der Waals surface area (Å²) < 4.78 is 0. The zero-order valence-electron chi connectivity index (χ0n) is 10.1. The minimum absolute atomic E-state index is 0.115. The van der Waals surface area contributed by atoms with Gasteiger partial charge in [0.2, 0.25) is 5.91 Å². The van der Waals surface area contributed by atoms with Gasteiger partial charge in [-0.1, -0.05) is 26.7 Å². The van der Waals surface area contributed by atoms with Crippen molar-refractivity contribution >= 4 is 11.6 Å². The number of anilines is 1. The second kappa shape index (κ2) is 6.99. The number of rotatable bonds is 6. The molecule has 0 bridgehead atoms. The van der Waals surface area contributed by atoms with Gasteiger partial charge in [-0.2, -0.15) is 0 Å². The number of carbonyl (C=O) groups excluding carboxylic acids is 1. The van der Waals surface area contributed by atoms with Crippen molar-refractivity contribution in [1.29, 1.82) is 0 Å². The topological polar surface area (TPSA) is 42.0 Å². The number of carbonyl (C=O) groups is 1. The molecule has 0 spiro atoms. The standard InChI is InChI=1S/C13H20N2O/c1-3-5-7-11(4-2)13(16)15-12-8-6-9-14-10-12/h6,8-11H,3-5,7H2,1-2H3,(H,15,16). The molecule has 0 aliphatic rings. The monoisotopic (exact) mass is 220 g/mol. The van der Waals surface area contributed by atoms with Crippen LogP contribution < -0.4 is 5.32 Å². The molecule has 0 aliphatic heterocycles. The molecule has 3 heteroatoms. The Kier molecular flexibility index (Phi) is 5.54. The highest BCUT2D eigenvalue weighted by Gasteiger charge is 2.15. The number of hydrogen-bond acceptors (Lipinski definition) is 2. The second-order valence-corrected chi connectivity index (χ2v) is 3.98. The quantitative estimate of drug-likeness (QED) is 0.799. The van der Waals surface area contributed by atoms with E-state index in [9.17, 15) is 4.79 Å². The minimum Gasteiger partial charge on any atom is -0.324 e. The molecule has 1 atom stereocenters. The molecule has 1 rings (SSSR count). The molecule has 0 saturated carbocycles. The molecule has 1 aromatic heterocycles. The third-order valence-corrected chi connectivity index (χ3v) is 2.70. The van der Waals surface area contributed by atoms with Crippen molar-refractivity contribution in [2.45, 2.75) is 39.5 Å². The summed E-state index contributed by atoms with van der Waals surface area (Å²) >= 11 is 0. The molecule has 0 radical (unpaired) electrons. The van der Waals surface area contributed by atoms with Gasteiger partial charge in [-0.15, -0.1) is 0 Å². The molecule has 0 fully saturated rings. The Balaban J connectivity index is 2.49. The Labute approximate surface area is 97.3 Å². The number of nitrogens with one attached hydrogen (secondary N) is 1. The van der Waals surface area contributed by atoms with Crippen LogP contribution in [0.2, 0.25) is 0 Å². The average molecular weight is 220 g/mol. The molecule has 1 aromatic rings. The highest BCUT2D eigenvalue weighted by molar-refractivity contribution is 5.92. The van der Waals surface area contributed by atoms with Gasteiger partial charge < -0.3 is 5.32 Å². The fraction of sp³-hybridized carbons (Fsp3) is 0.538. The predicted octanol–water partition coefficient (Wildman–Crippen LogP) is 3.24. The fourth-order valence-corrected chi connectivity index (χ4v) is 1.65. The predicted molar refractivity (Wildman–Crippen MR) is 66.2 cm³/mol. The molecular weight excluding hydrogens is 200 g/mol. The van der Waals surface area contributed by atoms with E-state index in [1.54, 1.807) is 12.4 Å². The smallest absolute Gasteiger partial charge is 0.227 e. The van der Waals surface area contributed by atoms with Crippen LogP contribution in [0.4, 0.5) is 5.69 Å². The Morgan fingerprint density at radius 3 is 2.88 bits per heavy atom. The van der Waals surface area contributed by atoms with E-state index in [-0.39, 0.29) is 11.8 Å². The molecule has 0 aliphatic carbocycles. The van der Waals surface area contributed by atoms with Gasteiger partial charge in [0.25, 0.3) is 0 Å². The summed E-state index contributed by atoms with van der Waals surface area (Å²) in [5, 5.41) is 2.90. The van der Waals surface area contributed by atoms with Gasteiger partial charge >= 0.3 is 0 Å². The van der Waals surface area contributed by atoms with E-state index in [2.05, 4.69) is 24.1 Å². The first-order valence-electron chi connectivity index (χ1n) is 5.98. The Bertz CT molecular complexity index is 311. The lowest BCUT2D eigenvalue weighted by molar-refractivity contribution is -0.120. The summed E-state index contributed by atoms with van der Waals surface area (Å²) in [6.07, 6.45) is 7.48. The zero-order chi connectivity index (χ0) is 11.8. The molecule has 1 unspecified atom stereocenters. The van der Waals surface area contributed by atoms with Crippen molar-refractivity contribution in [3.63, 3.8) is 0 Å². The Morgan fingerprint density at radius 2 is 2.31 bits per heavy atom. The van der Waals surface area contributed by atoms with Gasteiger partial charge in [-0.25, -0.2) is 0 Å². The largest absolute Gasteiger partial charge is 0.324 e.